The van der Waals surface area contributed by atoms with Crippen LogP contribution in [0.5, 0.6) is 0 Å². The molecule has 7 nitrogen and oxygen atoms in total. The topological polar surface area (TPSA) is 108 Å². The van der Waals surface area contributed by atoms with Crippen molar-refractivity contribution in [2.75, 3.05) is 6.54 Å². The Morgan fingerprint density at radius 3 is 2.61 bits per heavy atom. The van der Waals surface area contributed by atoms with Gasteiger partial charge in [-0.1, -0.05) is 13.3 Å². The molecule has 0 bridgehead atoms. The Hall–Kier alpha value is -3.69. The lowest BCUT2D eigenvalue weighted by Gasteiger charge is -2.11. The summed E-state index contributed by atoms with van der Waals surface area (Å²) in [5.41, 5.74) is 6.88. The Bertz CT molecular complexity index is 1140. The molecule has 1 aliphatic heterocycles. The van der Waals surface area contributed by atoms with Gasteiger partial charge >= 0.3 is 12.1 Å². The second-order valence-corrected chi connectivity index (χ2v) is 7.50. The van der Waals surface area contributed by atoms with E-state index in [9.17, 15) is 18.0 Å². The number of carboxylic acid groups (broad SMARTS) is 1. The van der Waals surface area contributed by atoms with E-state index in [2.05, 4.69) is 39.3 Å². The van der Waals surface area contributed by atoms with Crippen molar-refractivity contribution in [1.29, 1.82) is 0 Å². The lowest BCUT2D eigenvalue weighted by atomic mass is 10.0. The number of nitrogens with zero attached hydrogens (tertiary/aromatic N) is 2. The number of aryl methyl sites for hydroxylation is 1. The number of hydrogen-bond donors (Lipinski definition) is 3. The first-order valence-electron chi connectivity index (χ1n) is 10.4. The molecule has 0 aromatic carbocycles. The number of H-pyrrole nitrogens is 1. The van der Waals surface area contributed by atoms with Gasteiger partial charge in [0.15, 0.2) is 0 Å². The molecule has 33 heavy (non-hydrogen) atoms. The van der Waals surface area contributed by atoms with Gasteiger partial charge in [-0.3, -0.25) is 14.8 Å². The third-order valence-electron chi connectivity index (χ3n) is 5.03. The number of hydrogen-bond acceptors (Lipinski definition) is 4. The number of nitrogens with one attached hydrogen (secondary N) is 2. The first-order valence-corrected chi connectivity index (χ1v) is 10.4. The summed E-state index contributed by atoms with van der Waals surface area (Å²) in [7, 11) is 0. The fourth-order valence-corrected chi connectivity index (χ4v) is 3.35. The molecule has 0 atom stereocenters. The Morgan fingerprint density at radius 2 is 1.94 bits per heavy atom. The molecule has 0 spiro atoms. The molecule has 0 radical (unpaired) electrons. The minimum absolute atomic E-state index is 0.00384. The second kappa shape index (κ2) is 10.3. The van der Waals surface area contributed by atoms with Gasteiger partial charge in [-0.2, -0.15) is 13.2 Å². The van der Waals surface area contributed by atoms with Crippen LogP contribution >= 0.6 is 0 Å². The van der Waals surface area contributed by atoms with E-state index in [0.29, 0.717) is 6.54 Å². The van der Waals surface area contributed by atoms with E-state index in [-0.39, 0.29) is 5.91 Å². The number of aromatic nitrogens is 3. The van der Waals surface area contributed by atoms with E-state index in [1.165, 1.54) is 12.0 Å². The average molecular weight is 460 g/mol. The normalized spacial score (nSPS) is 12.9. The summed E-state index contributed by atoms with van der Waals surface area (Å²) in [6, 6.07) is 8.11. The zero-order valence-electron chi connectivity index (χ0n) is 17.9. The van der Waals surface area contributed by atoms with E-state index >= 15 is 0 Å². The lowest BCUT2D eigenvalue weighted by molar-refractivity contribution is -0.192. The molecule has 0 fully saturated rings. The second-order valence-electron chi connectivity index (χ2n) is 7.50. The van der Waals surface area contributed by atoms with Crippen molar-refractivity contribution >= 4 is 11.9 Å². The van der Waals surface area contributed by atoms with Crippen molar-refractivity contribution in [3.8, 4) is 22.5 Å². The number of alkyl halides is 3. The molecule has 10 heteroatoms. The Labute approximate surface area is 188 Å². The first-order chi connectivity index (χ1) is 15.7. The van der Waals surface area contributed by atoms with Gasteiger partial charge in [0.05, 0.1) is 11.3 Å². The van der Waals surface area contributed by atoms with Gasteiger partial charge in [0, 0.05) is 54.1 Å². The number of amides is 1. The molecule has 4 rings (SSSR count). The SMILES string of the molecule is CCCCc1cncc(-c2cc(-c3cc4c([nH]3)CCNC4=O)ccn2)c1.O=C(O)C(F)(F)F. The number of carbonyl (C=O) groups is 2. The highest BCUT2D eigenvalue weighted by Gasteiger charge is 2.38. The Balaban J connectivity index is 0.000000383. The fraction of sp³-hybridized carbons (Fsp3) is 0.304. The van der Waals surface area contributed by atoms with Gasteiger partial charge in [-0.25, -0.2) is 4.79 Å². The van der Waals surface area contributed by atoms with Crippen LogP contribution in [0.15, 0.2) is 42.9 Å². The summed E-state index contributed by atoms with van der Waals surface area (Å²) in [6.07, 6.45) is 4.72. The number of aromatic amines is 1. The largest absolute Gasteiger partial charge is 0.490 e. The highest BCUT2D eigenvalue weighted by molar-refractivity contribution is 5.97. The van der Waals surface area contributed by atoms with Crippen LogP contribution < -0.4 is 5.32 Å². The van der Waals surface area contributed by atoms with Crippen LogP contribution in [0.2, 0.25) is 0 Å². The van der Waals surface area contributed by atoms with Crippen LogP contribution in [0.3, 0.4) is 0 Å². The molecule has 0 unspecified atom stereocenters. The van der Waals surface area contributed by atoms with Crippen LogP contribution in [-0.2, 0) is 17.6 Å². The third-order valence-corrected chi connectivity index (χ3v) is 5.03. The monoisotopic (exact) mass is 460 g/mol. The highest BCUT2D eigenvalue weighted by atomic mass is 19.4. The number of halogens is 3. The highest BCUT2D eigenvalue weighted by Crippen LogP contribution is 2.27. The van der Waals surface area contributed by atoms with Gasteiger partial charge in [-0.15, -0.1) is 0 Å². The van der Waals surface area contributed by atoms with Gasteiger partial charge in [0.2, 0.25) is 0 Å². The zero-order chi connectivity index (χ0) is 24.0. The summed E-state index contributed by atoms with van der Waals surface area (Å²) in [5.74, 6) is -2.76. The average Bonchev–Trinajstić information content (AvgIpc) is 3.24. The Morgan fingerprint density at radius 1 is 1.18 bits per heavy atom. The fourth-order valence-electron chi connectivity index (χ4n) is 3.35. The van der Waals surface area contributed by atoms with Crippen molar-refractivity contribution in [2.24, 2.45) is 0 Å². The summed E-state index contributed by atoms with van der Waals surface area (Å²) in [4.78, 5) is 33.2. The summed E-state index contributed by atoms with van der Waals surface area (Å²) in [5, 5.41) is 10.0. The van der Waals surface area contributed by atoms with Crippen LogP contribution in [0.4, 0.5) is 13.2 Å². The maximum Gasteiger partial charge on any atom is 0.490 e. The lowest BCUT2D eigenvalue weighted by Crippen LogP contribution is -2.31. The van der Waals surface area contributed by atoms with Crippen molar-refractivity contribution in [3.63, 3.8) is 0 Å². The zero-order valence-corrected chi connectivity index (χ0v) is 17.9. The molecule has 3 aromatic heterocycles. The third kappa shape index (κ3) is 6.18. The molecule has 1 amide bonds. The predicted molar refractivity (Wildman–Crippen MR) is 116 cm³/mol. The minimum Gasteiger partial charge on any atom is -0.475 e. The van der Waals surface area contributed by atoms with Crippen LogP contribution in [0.25, 0.3) is 22.5 Å². The summed E-state index contributed by atoms with van der Waals surface area (Å²) >= 11 is 0. The number of carbonyl (C=O) groups excluding carboxylic acids is 1. The van der Waals surface area contributed by atoms with Gasteiger partial charge in [0.25, 0.3) is 5.91 Å². The number of fused-ring (bicyclic) bond motifs is 1. The first kappa shape index (κ1) is 24.0. The molecule has 3 N–H and O–H groups in total. The summed E-state index contributed by atoms with van der Waals surface area (Å²) < 4.78 is 31.7. The maximum atomic E-state index is 12.0. The predicted octanol–water partition coefficient (Wildman–Crippen LogP) is 4.40. The van der Waals surface area contributed by atoms with Gasteiger partial charge in [-0.05, 0) is 42.7 Å². The molecular weight excluding hydrogens is 437 g/mol. The van der Waals surface area contributed by atoms with E-state index in [4.69, 9.17) is 9.90 Å². The van der Waals surface area contributed by atoms with E-state index < -0.39 is 12.1 Å². The van der Waals surface area contributed by atoms with Crippen LogP contribution in [-0.4, -0.2) is 44.7 Å². The number of aliphatic carboxylic acids is 1. The molecular formula is C23H23F3N4O3. The van der Waals surface area contributed by atoms with Crippen LogP contribution in [0.1, 0.15) is 41.4 Å². The summed E-state index contributed by atoms with van der Waals surface area (Å²) in [6.45, 7) is 2.88. The Kier molecular flexibility index (Phi) is 7.47. The number of carboxylic acids is 1. The molecule has 4 heterocycles. The number of rotatable bonds is 5. The smallest absolute Gasteiger partial charge is 0.475 e. The van der Waals surface area contributed by atoms with Gasteiger partial charge in [0.1, 0.15) is 0 Å². The number of unbranched alkanes of at least 4 members (excludes halogenated alkanes) is 1. The number of pyridine rings is 2. The van der Waals surface area contributed by atoms with E-state index in [1.807, 2.05) is 30.7 Å². The molecule has 0 saturated carbocycles. The van der Waals surface area contributed by atoms with Crippen LogP contribution in [0, 0.1) is 0 Å². The molecule has 3 aromatic rings. The standard InChI is InChI=1S/C21H22N4O.C2HF3O2/c1-2-3-4-14-9-16(13-22-12-14)19-10-15(5-7-23-19)20-11-17-18(25-20)6-8-24-21(17)26;3-2(4,5)1(6)7/h5,7,9-13,25H,2-4,6,8H2,1H3,(H,24,26);(H,6,7). The van der Waals surface area contributed by atoms with Crippen molar-refractivity contribution in [3.05, 3.63) is 59.7 Å². The molecule has 0 aliphatic carbocycles. The molecule has 174 valence electrons. The van der Waals surface area contributed by atoms with Crippen molar-refractivity contribution < 1.29 is 27.9 Å². The van der Waals surface area contributed by atoms with Crippen molar-refractivity contribution in [2.45, 2.75) is 38.8 Å². The van der Waals surface area contributed by atoms with Gasteiger partial charge < -0.3 is 15.4 Å². The molecule has 0 saturated heterocycles. The maximum absolute atomic E-state index is 12.0. The minimum atomic E-state index is -5.08. The van der Waals surface area contributed by atoms with E-state index in [0.717, 1.165) is 53.0 Å². The quantitative estimate of drug-likeness (QED) is 0.523. The van der Waals surface area contributed by atoms with Crippen molar-refractivity contribution in [1.82, 2.24) is 20.3 Å². The van der Waals surface area contributed by atoms with E-state index in [1.54, 1.807) is 0 Å². The molecule has 1 aliphatic rings.